The van der Waals surface area contributed by atoms with Crippen LogP contribution in [-0.2, 0) is 15.5 Å². The molecule has 0 unspecified atom stereocenters. The Bertz CT molecular complexity index is 1520. The summed E-state index contributed by atoms with van der Waals surface area (Å²) in [6, 6.07) is 10.9. The van der Waals surface area contributed by atoms with Gasteiger partial charge >= 0.3 is 0 Å². The Kier molecular flexibility index (Phi) is 7.17. The fourth-order valence-electron chi connectivity index (χ4n) is 5.35. The van der Waals surface area contributed by atoms with Crippen LogP contribution in [0.25, 0.3) is 11.1 Å². The molecule has 5 N–H and O–H groups in total. The van der Waals surface area contributed by atoms with Gasteiger partial charge in [0.15, 0.2) is 0 Å². The predicted octanol–water partition coefficient (Wildman–Crippen LogP) is 4.00. The van der Waals surface area contributed by atoms with E-state index in [1.807, 2.05) is 13.8 Å². The Hall–Kier alpha value is -4.12. The molecule has 1 aliphatic carbocycles. The summed E-state index contributed by atoms with van der Waals surface area (Å²) in [5, 5.41) is 14.8. The van der Waals surface area contributed by atoms with Crippen molar-refractivity contribution in [2.75, 3.05) is 13.1 Å². The first-order valence-electron chi connectivity index (χ1n) is 12.9. The normalized spacial score (nSPS) is 19.4. The maximum absolute atomic E-state index is 14.8. The maximum Gasteiger partial charge on any atom is 0.299 e. The molecular formula is C29H29F2N5O3S. The average molecular weight is 566 g/mol. The second-order valence-corrected chi connectivity index (χ2v) is 11.3. The zero-order valence-corrected chi connectivity index (χ0v) is 22.8. The topological polar surface area (TPSA) is 128 Å². The number of nitrogens with one attached hydrogen (secondary N) is 3. The summed E-state index contributed by atoms with van der Waals surface area (Å²) in [5.41, 5.74) is 6.70. The van der Waals surface area contributed by atoms with E-state index in [2.05, 4.69) is 10.6 Å². The van der Waals surface area contributed by atoms with Gasteiger partial charge < -0.3 is 21.3 Å². The summed E-state index contributed by atoms with van der Waals surface area (Å²) in [5.74, 6) is -4.37. The predicted molar refractivity (Wildman–Crippen MR) is 148 cm³/mol. The standard InChI is InChI=1S/C29H29F2N5O3S/c1-15-9-23(28(39)35-16(2)24-11-18(14-40-24)26(32)33)36(13-15)25(37)12-34-27(38)17-7-8-22-20(10-17)19-5-3-4-6-21(19)29(22,30)31/h3-8,10-11,14-16,23H,9,12-13H2,1-2H3,(H3,32,33)(H,34,38)(H,35,39)/t15-,16-,23+/m1/s1. The second kappa shape index (κ2) is 10.5. The zero-order chi connectivity index (χ0) is 28.8. The number of amides is 3. The van der Waals surface area contributed by atoms with Crippen LogP contribution in [0.2, 0.25) is 0 Å². The molecule has 40 heavy (non-hydrogen) atoms. The van der Waals surface area contributed by atoms with Crippen molar-refractivity contribution in [1.29, 1.82) is 5.41 Å². The van der Waals surface area contributed by atoms with Gasteiger partial charge in [0, 0.05) is 39.1 Å². The highest BCUT2D eigenvalue weighted by molar-refractivity contribution is 7.10. The Morgan fingerprint density at radius 1 is 1.12 bits per heavy atom. The number of rotatable bonds is 7. The average Bonchev–Trinajstić information content (AvgIpc) is 3.63. The van der Waals surface area contributed by atoms with Gasteiger partial charge in [-0.2, -0.15) is 8.78 Å². The van der Waals surface area contributed by atoms with Crippen LogP contribution in [0.15, 0.2) is 53.9 Å². The van der Waals surface area contributed by atoms with E-state index in [-0.39, 0.29) is 46.9 Å². The van der Waals surface area contributed by atoms with Gasteiger partial charge in [0.05, 0.1) is 12.6 Å². The van der Waals surface area contributed by atoms with Crippen LogP contribution in [0.4, 0.5) is 8.78 Å². The molecule has 1 aliphatic heterocycles. The van der Waals surface area contributed by atoms with Gasteiger partial charge in [0.25, 0.3) is 11.8 Å². The van der Waals surface area contributed by atoms with Crippen LogP contribution >= 0.6 is 11.3 Å². The Morgan fingerprint density at radius 2 is 1.85 bits per heavy atom. The third-order valence-electron chi connectivity index (χ3n) is 7.43. The molecule has 2 aromatic carbocycles. The van der Waals surface area contributed by atoms with E-state index in [1.54, 1.807) is 29.6 Å². The molecule has 2 aliphatic rings. The summed E-state index contributed by atoms with van der Waals surface area (Å²) in [6.45, 7) is 3.82. The fourth-order valence-corrected chi connectivity index (χ4v) is 6.27. The lowest BCUT2D eigenvalue weighted by molar-refractivity contribution is -0.138. The van der Waals surface area contributed by atoms with Gasteiger partial charge in [0.1, 0.15) is 11.9 Å². The number of hydrogen-bond donors (Lipinski definition) is 4. The van der Waals surface area contributed by atoms with Crippen molar-refractivity contribution in [3.05, 3.63) is 81.0 Å². The first-order chi connectivity index (χ1) is 19.0. The molecule has 11 heteroatoms. The molecule has 2 heterocycles. The van der Waals surface area contributed by atoms with Crippen LogP contribution in [0.5, 0.6) is 0 Å². The minimum absolute atomic E-state index is 0.0490. The number of fused-ring (bicyclic) bond motifs is 3. The van der Waals surface area contributed by atoms with Crippen molar-refractivity contribution in [3.8, 4) is 11.1 Å². The molecule has 1 aromatic heterocycles. The van der Waals surface area contributed by atoms with E-state index in [1.165, 1.54) is 40.5 Å². The SMILES string of the molecule is C[C@@H]1C[C@@H](C(=O)N[C@H](C)c2cc(C(=N)N)cs2)N(C(=O)CNC(=O)c2ccc3c(c2)-c2ccccc2C3(F)F)C1. The van der Waals surface area contributed by atoms with Gasteiger partial charge in [-0.25, -0.2) is 0 Å². The molecule has 3 atom stereocenters. The van der Waals surface area contributed by atoms with Crippen LogP contribution < -0.4 is 16.4 Å². The second-order valence-electron chi connectivity index (χ2n) is 10.3. The summed E-state index contributed by atoms with van der Waals surface area (Å²) in [6.07, 6.45) is 0.486. The van der Waals surface area contributed by atoms with Crippen molar-refractivity contribution >= 4 is 34.9 Å². The number of alkyl halides is 2. The number of hydrogen-bond acceptors (Lipinski definition) is 5. The number of carbonyl (C=O) groups is 3. The lowest BCUT2D eigenvalue weighted by Gasteiger charge is -2.25. The fraction of sp³-hybridized carbons (Fsp3) is 0.310. The van der Waals surface area contributed by atoms with E-state index in [0.717, 1.165) is 4.88 Å². The number of nitrogens with zero attached hydrogens (tertiary/aromatic N) is 1. The van der Waals surface area contributed by atoms with Crippen molar-refractivity contribution in [2.45, 2.75) is 38.3 Å². The summed E-state index contributed by atoms with van der Waals surface area (Å²) < 4.78 is 29.7. The third kappa shape index (κ3) is 4.97. The summed E-state index contributed by atoms with van der Waals surface area (Å²) in [7, 11) is 0. The van der Waals surface area contributed by atoms with Gasteiger partial charge in [-0.05, 0) is 48.6 Å². The van der Waals surface area contributed by atoms with Crippen molar-refractivity contribution < 1.29 is 23.2 Å². The summed E-state index contributed by atoms with van der Waals surface area (Å²) in [4.78, 5) is 41.5. The van der Waals surface area contributed by atoms with E-state index < -0.39 is 23.8 Å². The molecule has 1 fully saturated rings. The summed E-state index contributed by atoms with van der Waals surface area (Å²) >= 11 is 1.39. The molecule has 0 spiro atoms. The first kappa shape index (κ1) is 27.4. The molecule has 208 valence electrons. The lowest BCUT2D eigenvalue weighted by atomic mass is 10.0. The minimum atomic E-state index is -3.14. The molecule has 3 aromatic rings. The molecule has 1 saturated heterocycles. The molecule has 0 saturated carbocycles. The van der Waals surface area contributed by atoms with Crippen LogP contribution in [-0.4, -0.2) is 47.6 Å². The molecular weight excluding hydrogens is 536 g/mol. The highest BCUT2D eigenvalue weighted by Crippen LogP contribution is 2.50. The van der Waals surface area contributed by atoms with Gasteiger partial charge in [-0.1, -0.05) is 37.3 Å². The number of halogens is 2. The number of carbonyl (C=O) groups excluding carboxylic acids is 3. The van der Waals surface area contributed by atoms with E-state index >= 15 is 0 Å². The number of nitrogens with two attached hydrogens (primary N) is 1. The van der Waals surface area contributed by atoms with Crippen molar-refractivity contribution in [1.82, 2.24) is 15.5 Å². The maximum atomic E-state index is 14.8. The number of amidine groups is 1. The number of likely N-dealkylation sites (tertiary alicyclic amines) is 1. The Labute approximate surface area is 234 Å². The number of benzene rings is 2. The molecule has 0 radical (unpaired) electrons. The van der Waals surface area contributed by atoms with Gasteiger partial charge in [0.2, 0.25) is 11.8 Å². The molecule has 3 amide bonds. The quantitative estimate of drug-likeness (QED) is 0.255. The van der Waals surface area contributed by atoms with Crippen LogP contribution in [0.1, 0.15) is 58.2 Å². The van der Waals surface area contributed by atoms with E-state index in [4.69, 9.17) is 11.1 Å². The van der Waals surface area contributed by atoms with Gasteiger partial charge in [-0.3, -0.25) is 19.8 Å². The lowest BCUT2D eigenvalue weighted by Crippen LogP contribution is -2.49. The monoisotopic (exact) mass is 565 g/mol. The zero-order valence-electron chi connectivity index (χ0n) is 22.0. The number of nitrogen functional groups attached to an aromatic ring is 1. The minimum Gasteiger partial charge on any atom is -0.384 e. The van der Waals surface area contributed by atoms with Gasteiger partial charge in [-0.15, -0.1) is 11.3 Å². The van der Waals surface area contributed by atoms with Crippen LogP contribution in [0, 0.1) is 11.3 Å². The smallest absolute Gasteiger partial charge is 0.299 e. The molecule has 5 rings (SSSR count). The Balaban J connectivity index is 1.23. The first-order valence-corrected chi connectivity index (χ1v) is 13.8. The Morgan fingerprint density at radius 3 is 2.58 bits per heavy atom. The molecule has 8 nitrogen and oxygen atoms in total. The van der Waals surface area contributed by atoms with Crippen molar-refractivity contribution in [3.63, 3.8) is 0 Å². The largest absolute Gasteiger partial charge is 0.384 e. The highest BCUT2D eigenvalue weighted by Gasteiger charge is 2.44. The van der Waals surface area contributed by atoms with E-state index in [0.29, 0.717) is 29.7 Å². The van der Waals surface area contributed by atoms with Crippen LogP contribution in [0.3, 0.4) is 0 Å². The molecule has 0 bridgehead atoms. The van der Waals surface area contributed by atoms with E-state index in [9.17, 15) is 23.2 Å². The number of thiophene rings is 1. The third-order valence-corrected chi connectivity index (χ3v) is 8.54. The van der Waals surface area contributed by atoms with Crippen molar-refractivity contribution in [2.24, 2.45) is 11.7 Å². The highest BCUT2D eigenvalue weighted by atomic mass is 32.1.